The highest BCUT2D eigenvalue weighted by atomic mass is 35.5. The number of hydrogen-bond acceptors (Lipinski definition) is 6. The van der Waals surface area contributed by atoms with Gasteiger partial charge in [-0.3, -0.25) is 0 Å². The number of benzene rings is 1. The van der Waals surface area contributed by atoms with Crippen LogP contribution in [-0.2, 0) is 0 Å². The first-order valence-electron chi connectivity index (χ1n) is 8.31. The van der Waals surface area contributed by atoms with Gasteiger partial charge < -0.3 is 0 Å². The first-order valence-corrected chi connectivity index (χ1v) is 11.3. The standard InChI is InChI=1S/C20H16ClN3S3/c1-4-9-25-20-23-16-15-11(2)10-12(3)22-18(15)27-17(16)19(24-20)26-14-7-5-13(21)6-8-14/h4-8,10H,1,9H2,2-3H3. The summed E-state index contributed by atoms with van der Waals surface area (Å²) in [5.74, 6) is 0.773. The molecule has 1 aromatic carbocycles. The van der Waals surface area contributed by atoms with E-state index in [9.17, 15) is 0 Å². The molecule has 0 radical (unpaired) electrons. The SMILES string of the molecule is C=CCSc1nc(Sc2ccc(Cl)cc2)c2sc3nc(C)cc(C)c3c2n1. The Labute approximate surface area is 175 Å². The third-order valence-corrected chi connectivity index (χ3v) is 7.22. The molecule has 136 valence electrons. The van der Waals surface area contributed by atoms with Gasteiger partial charge in [0.15, 0.2) is 5.16 Å². The molecule has 0 aliphatic rings. The highest BCUT2D eigenvalue weighted by Gasteiger charge is 2.17. The number of nitrogens with zero attached hydrogens (tertiary/aromatic N) is 3. The zero-order valence-corrected chi connectivity index (χ0v) is 18.0. The molecule has 0 atom stereocenters. The largest absolute Gasteiger partial charge is 0.242 e. The fraction of sp³-hybridized carbons (Fsp3) is 0.150. The molecule has 0 fully saturated rings. The highest BCUT2D eigenvalue weighted by molar-refractivity contribution is 8.00. The van der Waals surface area contributed by atoms with Crippen molar-refractivity contribution in [2.75, 3.05) is 5.75 Å². The molecule has 3 heterocycles. The van der Waals surface area contributed by atoms with Crippen molar-refractivity contribution in [1.29, 1.82) is 0 Å². The third-order valence-electron chi connectivity index (χ3n) is 3.92. The lowest BCUT2D eigenvalue weighted by atomic mass is 10.1. The lowest BCUT2D eigenvalue weighted by Gasteiger charge is -2.06. The Hall–Kier alpha value is -1.60. The Morgan fingerprint density at radius 1 is 1.15 bits per heavy atom. The molecule has 7 heteroatoms. The molecule has 27 heavy (non-hydrogen) atoms. The second-order valence-electron chi connectivity index (χ2n) is 6.01. The van der Waals surface area contributed by atoms with E-state index in [1.807, 2.05) is 37.3 Å². The maximum atomic E-state index is 6.02. The number of thioether (sulfide) groups is 1. The normalized spacial score (nSPS) is 11.4. The fourth-order valence-corrected chi connectivity index (χ4v) is 5.76. The van der Waals surface area contributed by atoms with Gasteiger partial charge in [-0.05, 0) is 49.7 Å². The van der Waals surface area contributed by atoms with E-state index < -0.39 is 0 Å². The smallest absolute Gasteiger partial charge is 0.189 e. The molecule has 4 aromatic rings. The zero-order valence-electron chi connectivity index (χ0n) is 14.8. The van der Waals surface area contributed by atoms with E-state index in [2.05, 4.69) is 19.6 Å². The minimum absolute atomic E-state index is 0.728. The minimum atomic E-state index is 0.728. The topological polar surface area (TPSA) is 38.7 Å². The van der Waals surface area contributed by atoms with Gasteiger partial charge in [-0.25, -0.2) is 15.0 Å². The summed E-state index contributed by atoms with van der Waals surface area (Å²) in [6, 6.07) is 9.93. The number of aromatic nitrogens is 3. The van der Waals surface area contributed by atoms with Crippen molar-refractivity contribution in [3.63, 3.8) is 0 Å². The van der Waals surface area contributed by atoms with Crippen LogP contribution in [0.3, 0.4) is 0 Å². The quantitative estimate of drug-likeness (QED) is 0.149. The molecule has 0 N–H and O–H groups in total. The first kappa shape index (κ1) is 18.7. The van der Waals surface area contributed by atoms with Crippen molar-refractivity contribution in [3.8, 4) is 0 Å². The van der Waals surface area contributed by atoms with Crippen LogP contribution in [0.1, 0.15) is 11.3 Å². The Bertz CT molecular complexity index is 1150. The average molecular weight is 430 g/mol. The van der Waals surface area contributed by atoms with Gasteiger partial charge in [0.25, 0.3) is 0 Å². The molecule has 0 aliphatic heterocycles. The first-order chi connectivity index (χ1) is 13.0. The van der Waals surface area contributed by atoms with Crippen molar-refractivity contribution in [2.24, 2.45) is 0 Å². The molecule has 0 unspecified atom stereocenters. The lowest BCUT2D eigenvalue weighted by molar-refractivity contribution is 0.938. The molecule has 4 rings (SSSR count). The van der Waals surface area contributed by atoms with Crippen molar-refractivity contribution < 1.29 is 0 Å². The molecule has 0 amide bonds. The number of aryl methyl sites for hydroxylation is 2. The van der Waals surface area contributed by atoms with Gasteiger partial charge in [0.1, 0.15) is 9.86 Å². The van der Waals surface area contributed by atoms with E-state index in [0.717, 1.165) is 52.0 Å². The third kappa shape index (κ3) is 3.85. The van der Waals surface area contributed by atoms with Crippen LogP contribution in [0, 0.1) is 13.8 Å². The summed E-state index contributed by atoms with van der Waals surface area (Å²) in [6.45, 7) is 7.94. The van der Waals surface area contributed by atoms with Crippen LogP contribution >= 0.6 is 46.5 Å². The van der Waals surface area contributed by atoms with Gasteiger partial charge in [0.2, 0.25) is 0 Å². The maximum absolute atomic E-state index is 6.02. The number of fused-ring (bicyclic) bond motifs is 3. The predicted molar refractivity (Wildman–Crippen MR) is 119 cm³/mol. The summed E-state index contributed by atoms with van der Waals surface area (Å²) in [7, 11) is 0. The summed E-state index contributed by atoms with van der Waals surface area (Å²) >= 11 is 10.9. The van der Waals surface area contributed by atoms with E-state index in [0.29, 0.717) is 0 Å². The molecule has 0 bridgehead atoms. The second kappa shape index (κ2) is 7.80. The minimum Gasteiger partial charge on any atom is -0.242 e. The summed E-state index contributed by atoms with van der Waals surface area (Å²) in [5.41, 5.74) is 3.20. The maximum Gasteiger partial charge on any atom is 0.189 e. The van der Waals surface area contributed by atoms with E-state index in [-0.39, 0.29) is 0 Å². The summed E-state index contributed by atoms with van der Waals surface area (Å²) in [6.07, 6.45) is 1.87. The predicted octanol–water partition coefficient (Wildman–Crippen LogP) is 6.94. The second-order valence-corrected chi connectivity index (χ2v) is 9.49. The van der Waals surface area contributed by atoms with Gasteiger partial charge in [0.05, 0.1) is 10.2 Å². The fourth-order valence-electron chi connectivity index (χ4n) is 2.81. The number of thiophene rings is 1. The molecule has 0 spiro atoms. The van der Waals surface area contributed by atoms with Crippen LogP contribution < -0.4 is 0 Å². The van der Waals surface area contributed by atoms with Gasteiger partial charge in [-0.1, -0.05) is 41.2 Å². The molecule has 3 aromatic heterocycles. The van der Waals surface area contributed by atoms with Gasteiger partial charge in [-0.2, -0.15) is 0 Å². The molecule has 3 nitrogen and oxygen atoms in total. The van der Waals surface area contributed by atoms with Crippen molar-refractivity contribution in [2.45, 2.75) is 28.9 Å². The van der Waals surface area contributed by atoms with Crippen molar-refractivity contribution in [1.82, 2.24) is 15.0 Å². The van der Waals surface area contributed by atoms with E-state index in [1.54, 1.807) is 34.9 Å². The Balaban J connectivity index is 1.92. The number of rotatable bonds is 5. The van der Waals surface area contributed by atoms with E-state index in [4.69, 9.17) is 26.6 Å². The Morgan fingerprint density at radius 2 is 1.93 bits per heavy atom. The van der Waals surface area contributed by atoms with Crippen LogP contribution in [0.2, 0.25) is 5.02 Å². The van der Waals surface area contributed by atoms with E-state index in [1.165, 1.54) is 5.56 Å². The summed E-state index contributed by atoms with van der Waals surface area (Å²) in [4.78, 5) is 16.5. The van der Waals surface area contributed by atoms with Gasteiger partial charge in [0, 0.05) is 26.8 Å². The zero-order chi connectivity index (χ0) is 19.0. The molecular formula is C20H16ClN3S3. The number of pyridine rings is 1. The van der Waals surface area contributed by atoms with Crippen LogP contribution in [0.4, 0.5) is 0 Å². The molecule has 0 saturated heterocycles. The molecule has 0 aliphatic carbocycles. The average Bonchev–Trinajstić information content (AvgIpc) is 3.00. The Morgan fingerprint density at radius 3 is 2.67 bits per heavy atom. The van der Waals surface area contributed by atoms with Crippen LogP contribution in [-0.4, -0.2) is 20.7 Å². The van der Waals surface area contributed by atoms with Gasteiger partial charge in [-0.15, -0.1) is 17.9 Å². The van der Waals surface area contributed by atoms with Crippen molar-refractivity contribution in [3.05, 3.63) is 59.3 Å². The van der Waals surface area contributed by atoms with Gasteiger partial charge >= 0.3 is 0 Å². The summed E-state index contributed by atoms with van der Waals surface area (Å²) in [5, 5.41) is 3.57. The van der Waals surface area contributed by atoms with E-state index >= 15 is 0 Å². The monoisotopic (exact) mass is 429 g/mol. The van der Waals surface area contributed by atoms with Crippen LogP contribution in [0.5, 0.6) is 0 Å². The Kier molecular flexibility index (Phi) is 5.41. The highest BCUT2D eigenvalue weighted by Crippen LogP contribution is 2.41. The van der Waals surface area contributed by atoms with Crippen molar-refractivity contribution >= 4 is 66.9 Å². The molecule has 0 saturated carbocycles. The lowest BCUT2D eigenvalue weighted by Crippen LogP contribution is -1.91. The van der Waals surface area contributed by atoms with Crippen LogP contribution in [0.15, 0.2) is 58.1 Å². The molecular weight excluding hydrogens is 414 g/mol. The van der Waals surface area contributed by atoms with Crippen LogP contribution in [0.25, 0.3) is 20.4 Å². The number of hydrogen-bond donors (Lipinski definition) is 0. The summed E-state index contributed by atoms with van der Waals surface area (Å²) < 4.78 is 1.08. The number of halogens is 1.